The van der Waals surface area contributed by atoms with Crippen molar-refractivity contribution in [2.75, 3.05) is 26.9 Å². The number of halogens is 1. The van der Waals surface area contributed by atoms with Crippen LogP contribution in [0.25, 0.3) is 0 Å². The van der Waals surface area contributed by atoms with Gasteiger partial charge in [0.2, 0.25) is 5.88 Å². The zero-order valence-corrected chi connectivity index (χ0v) is 15.6. The third kappa shape index (κ3) is 5.69. The van der Waals surface area contributed by atoms with Crippen LogP contribution in [0.1, 0.15) is 18.9 Å². The quantitative estimate of drug-likeness (QED) is 0.620. The maximum absolute atomic E-state index is 5.73. The number of ether oxygens (including phenoxy) is 3. The third-order valence-corrected chi connectivity index (χ3v) is 3.76. The Morgan fingerprint density at radius 2 is 2.08 bits per heavy atom. The van der Waals surface area contributed by atoms with E-state index in [0.29, 0.717) is 25.6 Å². The number of benzene rings is 1. The molecule has 1 N–H and O–H groups in total. The number of aromatic nitrogens is 1. The molecule has 0 fully saturated rings. The molecule has 0 saturated heterocycles. The van der Waals surface area contributed by atoms with Crippen molar-refractivity contribution in [1.82, 2.24) is 10.3 Å². The van der Waals surface area contributed by atoms with E-state index < -0.39 is 0 Å². The van der Waals surface area contributed by atoms with Crippen molar-refractivity contribution in [3.8, 4) is 17.4 Å². The summed E-state index contributed by atoms with van der Waals surface area (Å²) in [6, 6.07) is 9.60. The molecule has 24 heavy (non-hydrogen) atoms. The van der Waals surface area contributed by atoms with E-state index in [2.05, 4.69) is 26.2 Å². The van der Waals surface area contributed by atoms with E-state index in [4.69, 9.17) is 14.2 Å². The highest BCUT2D eigenvalue weighted by Gasteiger charge is 2.12. The molecule has 1 heterocycles. The average Bonchev–Trinajstić information content (AvgIpc) is 2.60. The molecule has 2 aromatic rings. The fourth-order valence-corrected chi connectivity index (χ4v) is 2.73. The first-order valence-electron chi connectivity index (χ1n) is 7.98. The molecule has 6 heteroatoms. The highest BCUT2D eigenvalue weighted by molar-refractivity contribution is 9.10. The van der Waals surface area contributed by atoms with Crippen molar-refractivity contribution in [1.29, 1.82) is 0 Å². The number of nitrogens with zero attached hydrogens (tertiary/aromatic N) is 1. The van der Waals surface area contributed by atoms with E-state index in [1.54, 1.807) is 13.3 Å². The van der Waals surface area contributed by atoms with Crippen molar-refractivity contribution in [3.05, 3.63) is 46.6 Å². The fourth-order valence-electron chi connectivity index (χ4n) is 2.24. The number of pyridine rings is 1. The molecule has 0 radical (unpaired) electrons. The molecular formula is C18H23BrN2O3. The lowest BCUT2D eigenvalue weighted by atomic mass is 10.2. The second-order valence-electron chi connectivity index (χ2n) is 5.08. The van der Waals surface area contributed by atoms with Gasteiger partial charge < -0.3 is 19.5 Å². The van der Waals surface area contributed by atoms with E-state index in [9.17, 15) is 0 Å². The van der Waals surface area contributed by atoms with Crippen LogP contribution in [-0.4, -0.2) is 31.9 Å². The van der Waals surface area contributed by atoms with Crippen molar-refractivity contribution in [2.24, 2.45) is 0 Å². The standard InChI is InChI=1S/C18H23BrN2O3/c1-3-23-18-14(11-15(19)12-16(18)22-2)13-20-8-6-10-24-17-7-4-5-9-21-17/h4-5,7,9,11-12,20H,3,6,8,10,13H2,1-2H3. The second kappa shape index (κ2) is 10.2. The predicted molar refractivity (Wildman–Crippen MR) is 97.9 cm³/mol. The molecule has 5 nitrogen and oxygen atoms in total. The van der Waals surface area contributed by atoms with E-state index in [1.165, 1.54) is 0 Å². The molecule has 0 bridgehead atoms. The molecule has 0 amide bonds. The monoisotopic (exact) mass is 394 g/mol. The van der Waals surface area contributed by atoms with Gasteiger partial charge in [-0.25, -0.2) is 4.98 Å². The van der Waals surface area contributed by atoms with E-state index in [0.717, 1.165) is 34.5 Å². The van der Waals surface area contributed by atoms with E-state index >= 15 is 0 Å². The number of rotatable bonds is 10. The summed E-state index contributed by atoms with van der Waals surface area (Å²) in [7, 11) is 1.65. The van der Waals surface area contributed by atoms with Gasteiger partial charge in [0, 0.05) is 28.8 Å². The Hall–Kier alpha value is -1.79. The number of methoxy groups -OCH3 is 1. The first-order valence-corrected chi connectivity index (χ1v) is 8.77. The van der Waals surface area contributed by atoms with Crippen LogP contribution in [-0.2, 0) is 6.54 Å². The summed E-state index contributed by atoms with van der Waals surface area (Å²) in [4.78, 5) is 4.13. The Morgan fingerprint density at radius 1 is 1.21 bits per heavy atom. The van der Waals surface area contributed by atoms with Crippen molar-refractivity contribution in [3.63, 3.8) is 0 Å². The topological polar surface area (TPSA) is 52.6 Å². The van der Waals surface area contributed by atoms with Crippen LogP contribution in [0.15, 0.2) is 41.0 Å². The minimum atomic E-state index is 0.600. The first-order chi connectivity index (χ1) is 11.7. The van der Waals surface area contributed by atoms with Gasteiger partial charge >= 0.3 is 0 Å². The van der Waals surface area contributed by atoms with Crippen molar-refractivity contribution < 1.29 is 14.2 Å². The molecule has 2 rings (SSSR count). The van der Waals surface area contributed by atoms with Gasteiger partial charge in [-0.2, -0.15) is 0 Å². The van der Waals surface area contributed by atoms with Crippen LogP contribution in [0, 0.1) is 0 Å². The van der Waals surface area contributed by atoms with Gasteiger partial charge in [-0.15, -0.1) is 0 Å². The largest absolute Gasteiger partial charge is 0.493 e. The van der Waals surface area contributed by atoms with Gasteiger partial charge in [-0.05, 0) is 38.1 Å². The number of hydrogen-bond acceptors (Lipinski definition) is 5. The number of hydrogen-bond donors (Lipinski definition) is 1. The van der Waals surface area contributed by atoms with Gasteiger partial charge in [0.15, 0.2) is 11.5 Å². The highest BCUT2D eigenvalue weighted by atomic mass is 79.9. The molecule has 1 aromatic carbocycles. The summed E-state index contributed by atoms with van der Waals surface area (Å²) in [5.41, 5.74) is 1.06. The molecule has 0 saturated carbocycles. The predicted octanol–water partition coefficient (Wildman–Crippen LogP) is 3.81. The lowest BCUT2D eigenvalue weighted by Crippen LogP contribution is -2.18. The maximum Gasteiger partial charge on any atom is 0.213 e. The Morgan fingerprint density at radius 3 is 2.79 bits per heavy atom. The van der Waals surface area contributed by atoms with Crippen LogP contribution in [0.5, 0.6) is 17.4 Å². The molecule has 0 aliphatic heterocycles. The Balaban J connectivity index is 1.80. The van der Waals surface area contributed by atoms with Crippen molar-refractivity contribution in [2.45, 2.75) is 19.9 Å². The molecular weight excluding hydrogens is 372 g/mol. The van der Waals surface area contributed by atoms with Gasteiger partial charge in [0.05, 0.1) is 20.3 Å². The van der Waals surface area contributed by atoms with Crippen LogP contribution >= 0.6 is 15.9 Å². The van der Waals surface area contributed by atoms with Gasteiger partial charge in [-0.1, -0.05) is 22.0 Å². The maximum atomic E-state index is 5.73. The summed E-state index contributed by atoms with van der Waals surface area (Å²) in [6.45, 7) is 4.74. The first kappa shape index (κ1) is 18.5. The molecule has 0 aliphatic carbocycles. The van der Waals surface area contributed by atoms with Crippen LogP contribution in [0.4, 0.5) is 0 Å². The summed E-state index contributed by atoms with van der Waals surface area (Å²) < 4.78 is 17.7. The highest BCUT2D eigenvalue weighted by Crippen LogP contribution is 2.34. The van der Waals surface area contributed by atoms with Crippen LogP contribution in [0.2, 0.25) is 0 Å². The van der Waals surface area contributed by atoms with Crippen molar-refractivity contribution >= 4 is 15.9 Å². The lowest BCUT2D eigenvalue weighted by molar-refractivity contribution is 0.295. The molecule has 0 spiro atoms. The van der Waals surface area contributed by atoms with E-state index in [1.807, 2.05) is 37.3 Å². The smallest absolute Gasteiger partial charge is 0.213 e. The van der Waals surface area contributed by atoms with Gasteiger partial charge in [-0.3, -0.25) is 0 Å². The van der Waals surface area contributed by atoms with Gasteiger partial charge in [0.1, 0.15) is 0 Å². The summed E-state index contributed by atoms with van der Waals surface area (Å²) in [5, 5.41) is 3.41. The number of nitrogens with one attached hydrogen (secondary N) is 1. The molecule has 0 unspecified atom stereocenters. The summed E-state index contributed by atoms with van der Waals surface area (Å²) in [5.74, 6) is 2.19. The lowest BCUT2D eigenvalue weighted by Gasteiger charge is -2.15. The Kier molecular flexibility index (Phi) is 7.85. The SMILES string of the molecule is CCOc1c(CNCCCOc2ccccn2)cc(Br)cc1OC. The zero-order chi connectivity index (χ0) is 17.2. The fraction of sp³-hybridized carbons (Fsp3) is 0.389. The zero-order valence-electron chi connectivity index (χ0n) is 14.0. The summed E-state index contributed by atoms with van der Waals surface area (Å²) in [6.07, 6.45) is 2.62. The molecule has 0 aliphatic rings. The normalized spacial score (nSPS) is 10.5. The molecule has 130 valence electrons. The average molecular weight is 395 g/mol. The summed E-state index contributed by atoms with van der Waals surface area (Å²) >= 11 is 3.51. The second-order valence-corrected chi connectivity index (χ2v) is 5.99. The van der Waals surface area contributed by atoms with E-state index in [-0.39, 0.29) is 0 Å². The Bertz CT molecular complexity index is 623. The molecule has 0 atom stereocenters. The minimum absolute atomic E-state index is 0.600. The van der Waals surface area contributed by atoms with Crippen LogP contribution < -0.4 is 19.5 Å². The molecule has 1 aromatic heterocycles. The Labute approximate surface area is 151 Å². The van der Waals surface area contributed by atoms with Gasteiger partial charge in [0.25, 0.3) is 0 Å². The minimum Gasteiger partial charge on any atom is -0.493 e. The third-order valence-electron chi connectivity index (χ3n) is 3.31. The van der Waals surface area contributed by atoms with Crippen LogP contribution in [0.3, 0.4) is 0 Å².